The number of aryl methyl sites for hydroxylation is 1. The van der Waals surface area contributed by atoms with Crippen molar-refractivity contribution in [2.75, 3.05) is 0 Å². The van der Waals surface area contributed by atoms with E-state index in [4.69, 9.17) is 0 Å². The molecular formula is C20H22F3N3OS. The second-order valence-electron chi connectivity index (χ2n) is 8.84. The summed E-state index contributed by atoms with van der Waals surface area (Å²) in [5, 5.41) is 4.24. The first-order valence-corrected chi connectivity index (χ1v) is 10.6. The van der Waals surface area contributed by atoms with E-state index >= 15 is 0 Å². The third-order valence-corrected chi connectivity index (χ3v) is 8.00. The lowest BCUT2D eigenvalue weighted by atomic mass is 9.49. The van der Waals surface area contributed by atoms with Crippen LogP contribution in [0.2, 0.25) is 0 Å². The molecular weight excluding hydrogens is 387 g/mol. The molecule has 1 N–H and O–H groups in total. The van der Waals surface area contributed by atoms with E-state index in [1.54, 1.807) is 13.1 Å². The van der Waals surface area contributed by atoms with E-state index in [0.717, 1.165) is 36.7 Å². The van der Waals surface area contributed by atoms with Crippen LogP contribution in [0.4, 0.5) is 13.2 Å². The predicted molar refractivity (Wildman–Crippen MR) is 100 cm³/mol. The van der Waals surface area contributed by atoms with Crippen LogP contribution in [0.1, 0.15) is 44.1 Å². The molecule has 1 heterocycles. The van der Waals surface area contributed by atoms with Crippen molar-refractivity contribution in [3.8, 4) is 0 Å². The summed E-state index contributed by atoms with van der Waals surface area (Å²) in [6.45, 7) is 0. The summed E-state index contributed by atoms with van der Waals surface area (Å²) in [7, 11) is 1.56. The van der Waals surface area contributed by atoms with Gasteiger partial charge in [-0.05, 0) is 68.4 Å². The fraction of sp³-hybridized carbons (Fsp3) is 0.600. The van der Waals surface area contributed by atoms with E-state index in [0.29, 0.717) is 27.3 Å². The minimum absolute atomic E-state index is 0.0555. The number of halogens is 3. The Morgan fingerprint density at radius 2 is 1.79 bits per heavy atom. The van der Waals surface area contributed by atoms with Gasteiger partial charge in [-0.25, -0.2) is 5.43 Å². The first-order chi connectivity index (χ1) is 13.2. The molecule has 8 heteroatoms. The number of nitrogens with zero attached hydrogens (tertiary/aromatic N) is 2. The van der Waals surface area contributed by atoms with Crippen molar-refractivity contribution in [2.45, 2.75) is 44.7 Å². The summed E-state index contributed by atoms with van der Waals surface area (Å²) in [6.07, 6.45) is 2.09. The summed E-state index contributed by atoms with van der Waals surface area (Å²) in [6, 6.07) is 4.13. The molecule has 4 aliphatic carbocycles. The number of amides is 1. The molecule has 150 valence electrons. The fourth-order valence-electron chi connectivity index (χ4n) is 6.15. The Kier molecular flexibility index (Phi) is 3.96. The molecule has 1 amide bonds. The van der Waals surface area contributed by atoms with Gasteiger partial charge in [-0.1, -0.05) is 17.4 Å². The molecule has 1 aromatic heterocycles. The topological polar surface area (TPSA) is 46.4 Å². The molecule has 0 radical (unpaired) electrons. The molecule has 2 aromatic rings. The molecule has 0 spiro atoms. The van der Waals surface area contributed by atoms with Gasteiger partial charge >= 0.3 is 6.18 Å². The maximum Gasteiger partial charge on any atom is 0.418 e. The molecule has 4 bridgehead atoms. The van der Waals surface area contributed by atoms with Crippen molar-refractivity contribution >= 4 is 27.5 Å². The van der Waals surface area contributed by atoms with Crippen molar-refractivity contribution in [3.63, 3.8) is 0 Å². The van der Waals surface area contributed by atoms with Gasteiger partial charge in [0.1, 0.15) is 0 Å². The lowest BCUT2D eigenvalue weighted by Gasteiger charge is -2.55. The summed E-state index contributed by atoms with van der Waals surface area (Å²) in [4.78, 5) is 13.4. The highest BCUT2D eigenvalue weighted by Gasteiger charge is 2.54. The van der Waals surface area contributed by atoms with Gasteiger partial charge in [0.2, 0.25) is 10.7 Å². The van der Waals surface area contributed by atoms with Crippen molar-refractivity contribution < 1.29 is 18.0 Å². The number of hydrogen-bond donors (Lipinski definition) is 1. The molecule has 6 rings (SSSR count). The van der Waals surface area contributed by atoms with Gasteiger partial charge in [-0.15, -0.1) is 5.10 Å². The standard InChI is InChI=1S/C20H22F3N3OS/c1-26-16-14(20(21,22)23)3-2-4-15(16)28-18(26)25-24-17(27)19-8-11-5-12(9-19)7-13(6-11)10-19/h2-4,11-13H,5-10H2,1H3,(H,24,27)/b25-18+. The summed E-state index contributed by atoms with van der Waals surface area (Å²) < 4.78 is 41.9. The Morgan fingerprint density at radius 1 is 1.18 bits per heavy atom. The van der Waals surface area contributed by atoms with E-state index in [9.17, 15) is 18.0 Å². The molecule has 4 nitrogen and oxygen atoms in total. The van der Waals surface area contributed by atoms with Gasteiger partial charge in [-0.3, -0.25) is 4.79 Å². The number of fused-ring (bicyclic) bond motifs is 1. The number of alkyl halides is 3. The van der Waals surface area contributed by atoms with Crippen LogP contribution < -0.4 is 10.2 Å². The van der Waals surface area contributed by atoms with Gasteiger partial charge < -0.3 is 4.57 Å². The number of nitrogens with one attached hydrogen (secondary N) is 1. The summed E-state index contributed by atoms with van der Waals surface area (Å²) in [5.41, 5.74) is 1.80. The highest BCUT2D eigenvalue weighted by Crippen LogP contribution is 2.60. The minimum atomic E-state index is -4.43. The van der Waals surface area contributed by atoms with E-state index in [2.05, 4.69) is 10.5 Å². The normalized spacial score (nSPS) is 32.3. The van der Waals surface area contributed by atoms with E-state index in [1.807, 2.05) is 0 Å². The quantitative estimate of drug-likeness (QED) is 0.734. The number of para-hydroxylation sites is 1. The van der Waals surface area contributed by atoms with E-state index in [1.165, 1.54) is 29.9 Å². The van der Waals surface area contributed by atoms with Crippen LogP contribution >= 0.6 is 11.3 Å². The Labute approximate surface area is 164 Å². The molecule has 4 aliphatic rings. The van der Waals surface area contributed by atoms with Crippen LogP contribution in [0.3, 0.4) is 0 Å². The SMILES string of the molecule is Cn1/c(=N\NC(=O)C23CC4CC(CC(C4)C2)C3)sc2cccc(C(F)(F)F)c21. The highest BCUT2D eigenvalue weighted by atomic mass is 32.1. The maximum absolute atomic E-state index is 13.3. The second kappa shape index (κ2) is 6.08. The zero-order valence-electron chi connectivity index (χ0n) is 15.6. The van der Waals surface area contributed by atoms with E-state index in [-0.39, 0.29) is 16.8 Å². The molecule has 1 aromatic carbocycles. The molecule has 0 atom stereocenters. The largest absolute Gasteiger partial charge is 0.418 e. The minimum Gasteiger partial charge on any atom is -0.318 e. The lowest BCUT2D eigenvalue weighted by molar-refractivity contribution is -0.146. The first kappa shape index (κ1) is 18.2. The second-order valence-corrected chi connectivity index (χ2v) is 9.85. The number of aromatic nitrogens is 1. The van der Waals surface area contributed by atoms with Gasteiger partial charge in [0.25, 0.3) is 0 Å². The van der Waals surface area contributed by atoms with Gasteiger partial charge in [0.15, 0.2) is 0 Å². The summed E-state index contributed by atoms with van der Waals surface area (Å²) >= 11 is 1.15. The molecule has 4 saturated carbocycles. The third kappa shape index (κ3) is 2.79. The van der Waals surface area contributed by atoms with Crippen LogP contribution in [-0.4, -0.2) is 10.5 Å². The fourth-order valence-corrected chi connectivity index (χ4v) is 7.15. The third-order valence-electron chi connectivity index (χ3n) is 6.90. The number of hydrogen-bond acceptors (Lipinski definition) is 3. The molecule has 28 heavy (non-hydrogen) atoms. The average Bonchev–Trinajstić information content (AvgIpc) is 2.94. The van der Waals surface area contributed by atoms with Crippen LogP contribution in [0.15, 0.2) is 23.3 Å². The smallest absolute Gasteiger partial charge is 0.318 e. The monoisotopic (exact) mass is 409 g/mol. The highest BCUT2D eigenvalue weighted by molar-refractivity contribution is 7.16. The Hall–Kier alpha value is -1.83. The molecule has 0 unspecified atom stereocenters. The lowest BCUT2D eigenvalue weighted by Crippen LogP contribution is -2.53. The van der Waals surface area contributed by atoms with Crippen molar-refractivity contribution in [1.82, 2.24) is 9.99 Å². The van der Waals surface area contributed by atoms with Crippen molar-refractivity contribution in [1.29, 1.82) is 0 Å². The number of benzene rings is 1. The van der Waals surface area contributed by atoms with Crippen LogP contribution in [-0.2, 0) is 18.0 Å². The Balaban J connectivity index is 1.47. The Morgan fingerprint density at radius 3 is 2.36 bits per heavy atom. The first-order valence-electron chi connectivity index (χ1n) is 9.75. The van der Waals surface area contributed by atoms with Crippen LogP contribution in [0.25, 0.3) is 10.2 Å². The van der Waals surface area contributed by atoms with Crippen LogP contribution in [0.5, 0.6) is 0 Å². The van der Waals surface area contributed by atoms with Gasteiger partial charge in [-0.2, -0.15) is 13.2 Å². The number of carbonyl (C=O) groups is 1. The van der Waals surface area contributed by atoms with Crippen LogP contribution in [0, 0.1) is 23.2 Å². The number of carbonyl (C=O) groups excluding carboxylic acids is 1. The molecule has 4 fully saturated rings. The van der Waals surface area contributed by atoms with E-state index < -0.39 is 11.7 Å². The zero-order valence-corrected chi connectivity index (χ0v) is 16.4. The zero-order chi connectivity index (χ0) is 19.7. The average molecular weight is 409 g/mol. The van der Waals surface area contributed by atoms with Crippen molar-refractivity contribution in [2.24, 2.45) is 35.3 Å². The molecule has 0 saturated heterocycles. The number of rotatable bonds is 2. The number of thiazole rings is 1. The Bertz CT molecular complexity index is 985. The van der Waals surface area contributed by atoms with Crippen molar-refractivity contribution in [3.05, 3.63) is 28.6 Å². The van der Waals surface area contributed by atoms with Gasteiger partial charge in [0, 0.05) is 7.05 Å². The summed E-state index contributed by atoms with van der Waals surface area (Å²) in [5.74, 6) is 1.88. The maximum atomic E-state index is 13.3. The molecule has 0 aliphatic heterocycles. The predicted octanol–water partition coefficient (Wildman–Crippen LogP) is 4.41. The van der Waals surface area contributed by atoms with Gasteiger partial charge in [0.05, 0.1) is 21.2 Å².